The molecule has 0 unspecified atom stereocenters. The second-order valence-electron chi connectivity index (χ2n) is 31.3. The van der Waals surface area contributed by atoms with Crippen molar-refractivity contribution in [1.82, 2.24) is 0 Å². The fraction of sp³-hybridized carbons (Fsp3) is 0.0982. The van der Waals surface area contributed by atoms with Gasteiger partial charge in [-0.1, -0.05) is 266 Å². The molecular formula is C112H93Br2N7O12. The van der Waals surface area contributed by atoms with Crippen molar-refractivity contribution >= 4 is 124 Å². The quantitative estimate of drug-likeness (QED) is 0.0192. The van der Waals surface area contributed by atoms with Gasteiger partial charge >= 0.3 is 0 Å². The smallest absolute Gasteiger partial charge is 0.269 e. The van der Waals surface area contributed by atoms with Crippen LogP contribution in [-0.4, -0.2) is 63.4 Å². The Balaban J connectivity index is 0.000000160. The van der Waals surface area contributed by atoms with E-state index < -0.39 is 10.8 Å². The van der Waals surface area contributed by atoms with Crippen LogP contribution in [0.15, 0.2) is 373 Å². The molecule has 15 aromatic carbocycles. The van der Waals surface area contributed by atoms with Crippen LogP contribution in [0, 0.1) is 63.0 Å². The van der Waals surface area contributed by atoms with Crippen LogP contribution in [0.4, 0.5) is 34.1 Å². The molecule has 0 saturated heterocycles. The Morgan fingerprint density at radius 3 is 0.805 bits per heavy atom. The van der Waals surface area contributed by atoms with Crippen molar-refractivity contribution in [2.45, 2.75) is 73.6 Å². The largest absolute Gasteiger partial charge is 0.321 e. The third-order valence-corrected chi connectivity index (χ3v) is 21.8. The molecule has 0 aromatic heterocycles. The van der Waals surface area contributed by atoms with E-state index in [0.29, 0.717) is 103 Å². The number of hydrogen-bond donors (Lipinski definition) is 5. The second kappa shape index (κ2) is 48.3. The van der Waals surface area contributed by atoms with Crippen LogP contribution in [0.5, 0.6) is 0 Å². The molecule has 5 N–H and O–H groups in total. The molecule has 0 saturated carbocycles. The van der Waals surface area contributed by atoms with Crippen molar-refractivity contribution in [2.75, 3.05) is 26.6 Å². The van der Waals surface area contributed by atoms with Gasteiger partial charge in [-0.3, -0.25) is 58.1 Å². The van der Waals surface area contributed by atoms with E-state index >= 15 is 0 Å². The topological polar surface area (TPSA) is 298 Å². The number of hydrogen-bond acceptors (Lipinski definition) is 13. The molecule has 0 radical (unpaired) electrons. The zero-order chi connectivity index (χ0) is 94.9. The summed E-state index contributed by atoms with van der Waals surface area (Å²) in [6.45, 7) is 11.8. The van der Waals surface area contributed by atoms with Crippen molar-refractivity contribution in [3.63, 3.8) is 0 Å². The monoisotopic (exact) mass is 1890 g/mol. The Morgan fingerprint density at radius 1 is 0.271 bits per heavy atom. The van der Waals surface area contributed by atoms with Gasteiger partial charge in [0.25, 0.3) is 35.2 Å². The molecule has 0 fully saturated rings. The Morgan fingerprint density at radius 2 is 0.526 bits per heavy atom. The number of nitro groups is 1. The van der Waals surface area contributed by atoms with Crippen LogP contribution in [0.1, 0.15) is 170 Å². The molecule has 0 heterocycles. The number of rotatable bonds is 26. The minimum absolute atomic E-state index is 0.0173. The first-order valence-electron chi connectivity index (χ1n) is 42.4. The number of carbonyl (C=O) groups is 10. The van der Waals surface area contributed by atoms with Crippen molar-refractivity contribution in [2.24, 2.45) is 0 Å². The van der Waals surface area contributed by atoms with Crippen molar-refractivity contribution in [3.8, 4) is 6.07 Å². The van der Waals surface area contributed by atoms with Crippen LogP contribution < -0.4 is 26.6 Å². The number of nitro benzene ring substituents is 1. The molecule has 19 nitrogen and oxygen atoms in total. The first kappa shape index (κ1) is 97.5. The van der Waals surface area contributed by atoms with E-state index in [1.54, 1.807) is 170 Å². The molecule has 0 bridgehead atoms. The zero-order valence-corrected chi connectivity index (χ0v) is 76.9. The molecule has 133 heavy (non-hydrogen) atoms. The summed E-state index contributed by atoms with van der Waals surface area (Å²) >= 11 is 6.71. The van der Waals surface area contributed by atoms with Crippen LogP contribution in [0.3, 0.4) is 0 Å². The molecule has 0 aliphatic carbocycles. The third kappa shape index (κ3) is 29.4. The lowest BCUT2D eigenvalue weighted by molar-refractivity contribution is -0.384. The average Bonchev–Trinajstić information content (AvgIpc) is 0.851. The highest BCUT2D eigenvalue weighted by Gasteiger charge is 2.23. The number of halogens is 2. The summed E-state index contributed by atoms with van der Waals surface area (Å²) in [5.41, 5.74) is 18.8. The maximum Gasteiger partial charge on any atom is 0.269 e. The number of Topliss-reactive ketones (excluding diaryl/α,β-unsaturated/α-hetero) is 5. The van der Waals surface area contributed by atoms with Crippen LogP contribution in [-0.2, 0) is 32.1 Å². The minimum atomic E-state index is -0.527. The number of aryl methyl sites for hydroxylation is 6. The molecule has 0 spiro atoms. The maximum absolute atomic E-state index is 12.8. The number of nitriles is 1. The average molecular weight is 1890 g/mol. The first-order chi connectivity index (χ1) is 64.1. The number of benzene rings is 15. The lowest BCUT2D eigenvalue weighted by Crippen LogP contribution is -2.16. The van der Waals surface area contributed by atoms with Gasteiger partial charge in [-0.05, 0) is 221 Å². The minimum Gasteiger partial charge on any atom is -0.321 e. The summed E-state index contributed by atoms with van der Waals surface area (Å²) in [6, 6.07) is 110. The third-order valence-electron chi connectivity index (χ3n) is 20.8. The predicted octanol–water partition coefficient (Wildman–Crippen LogP) is 25.0. The van der Waals surface area contributed by atoms with E-state index in [-0.39, 0.29) is 76.6 Å². The number of non-ortho nitro benzene ring substituents is 1. The number of nitrogens with zero attached hydrogens (tertiary/aromatic N) is 2. The lowest BCUT2D eigenvalue weighted by atomic mass is 10.00. The number of amides is 5. The predicted molar refractivity (Wildman–Crippen MR) is 532 cm³/mol. The molecule has 0 aliphatic rings. The number of para-hydroxylation sites is 5. The van der Waals surface area contributed by atoms with E-state index in [9.17, 15) is 58.1 Å². The van der Waals surface area contributed by atoms with Gasteiger partial charge in [0.15, 0.2) is 28.9 Å². The van der Waals surface area contributed by atoms with Gasteiger partial charge in [0.1, 0.15) is 0 Å². The number of nitrogens with one attached hydrogen (secondary N) is 5. The van der Waals surface area contributed by atoms with Gasteiger partial charge in [-0.2, -0.15) is 5.26 Å². The first-order valence-corrected chi connectivity index (χ1v) is 44.0. The maximum atomic E-state index is 12.8. The molecule has 662 valence electrons. The highest BCUT2D eigenvalue weighted by molar-refractivity contribution is 9.10. The molecule has 21 heteroatoms. The standard InChI is InChI=1S/C23H18N2O2.C23H21NO2.2C22H18BrNO2.C22H18N2O4/c1-16-5-4-6-18(13-16)14-22(26)20-7-2-3-8-21(20)25-23(27)19-11-9-17(15-24)10-12-19;1-16-8-7-10-18(14-16)15-22(25)20-12-5-6-13-21(20)24-23(26)19-11-4-3-9-17(19)2;1-15-6-4-7-16(12-15)13-21(25)19-10-2-3-11-20(19)24-22(26)17-8-5-9-18(23)14-17;1-15-5-4-6-16(13-15)14-21(25)19-7-2-3-8-20(19)24-22(26)17-9-11-18(23)12-10-17;1-15-5-4-6-16(13-15)14-21(25)19-7-2-3-8-20(19)23-22(26)17-9-11-18(12-10-17)24(27)28/h2-13H,14H2,1H3,(H,25,27);3-14H,15H2,1-2H3,(H,24,26);2-12,14H,13H2,1H3,(H,24,26);2-13H,14H2,1H3,(H,24,26);2-13H,14H2,1H3,(H,23,26). The van der Waals surface area contributed by atoms with Crippen molar-refractivity contribution in [3.05, 3.63) is 505 Å². The summed E-state index contributed by atoms with van der Waals surface area (Å²) < 4.78 is 1.73. The van der Waals surface area contributed by atoms with Crippen molar-refractivity contribution in [1.29, 1.82) is 5.26 Å². The lowest BCUT2D eigenvalue weighted by Gasteiger charge is -2.12. The van der Waals surface area contributed by atoms with E-state index in [4.69, 9.17) is 5.26 Å². The molecular weight excluding hydrogens is 1800 g/mol. The van der Waals surface area contributed by atoms with Crippen LogP contribution in [0.25, 0.3) is 0 Å². The summed E-state index contributed by atoms with van der Waals surface area (Å²) in [7, 11) is 0. The van der Waals surface area contributed by atoms with Gasteiger partial charge in [-0.25, -0.2) is 0 Å². The Bertz CT molecular complexity index is 6850. The van der Waals surface area contributed by atoms with E-state index in [1.807, 2.05) is 217 Å². The highest BCUT2D eigenvalue weighted by Crippen LogP contribution is 2.28. The molecule has 5 amide bonds. The highest BCUT2D eigenvalue weighted by atomic mass is 79.9. The fourth-order valence-electron chi connectivity index (χ4n) is 14.1. The molecule has 0 atom stereocenters. The van der Waals surface area contributed by atoms with Gasteiger partial charge in [0.2, 0.25) is 0 Å². The number of ketones is 5. The molecule has 0 aliphatic heterocycles. The summed E-state index contributed by atoms with van der Waals surface area (Å²) in [4.78, 5) is 137. The second-order valence-corrected chi connectivity index (χ2v) is 33.1. The van der Waals surface area contributed by atoms with Gasteiger partial charge in [-0.15, -0.1) is 0 Å². The Kier molecular flexibility index (Phi) is 35.4. The van der Waals surface area contributed by atoms with E-state index in [0.717, 1.165) is 70.1 Å². The van der Waals surface area contributed by atoms with Crippen LogP contribution in [0.2, 0.25) is 0 Å². The van der Waals surface area contributed by atoms with Gasteiger partial charge < -0.3 is 26.6 Å². The van der Waals surface area contributed by atoms with Gasteiger partial charge in [0, 0.05) is 109 Å². The van der Waals surface area contributed by atoms with E-state index in [1.165, 1.54) is 24.3 Å². The summed E-state index contributed by atoms with van der Waals surface area (Å²) in [6.07, 6.45) is 1.40. The molecule has 15 rings (SSSR count). The SMILES string of the molecule is Cc1cccc(CC(=O)c2ccccc2NC(=O)c2ccc(Br)cc2)c1.Cc1cccc(CC(=O)c2ccccc2NC(=O)c2ccc(C#N)cc2)c1.Cc1cccc(CC(=O)c2ccccc2NC(=O)c2ccc([N+](=O)[O-])cc2)c1.Cc1cccc(CC(=O)c2ccccc2NC(=O)c2cccc(Br)c2)c1.Cc1cccc(CC(=O)c2ccccc2NC(=O)c2ccccc2C)c1. The fourth-order valence-corrected chi connectivity index (χ4v) is 14.8. The zero-order valence-electron chi connectivity index (χ0n) is 73.7. The Hall–Kier alpha value is -16.2. The normalized spacial score (nSPS) is 10.3. The number of carbonyl (C=O) groups excluding carboxylic acids is 10. The van der Waals surface area contributed by atoms with E-state index in [2.05, 4.69) is 58.4 Å². The molecule has 15 aromatic rings. The summed E-state index contributed by atoms with van der Waals surface area (Å²) in [5.74, 6) is -1.70. The van der Waals surface area contributed by atoms with Gasteiger partial charge in [0.05, 0.1) is 45.0 Å². The summed E-state index contributed by atoms with van der Waals surface area (Å²) in [5, 5.41) is 33.7. The van der Waals surface area contributed by atoms with Crippen LogP contribution >= 0.6 is 31.9 Å². The Labute approximate surface area is 788 Å². The van der Waals surface area contributed by atoms with Crippen molar-refractivity contribution < 1.29 is 52.9 Å². The number of anilines is 5.